The van der Waals surface area contributed by atoms with E-state index >= 15 is 0 Å². The third-order valence-corrected chi connectivity index (χ3v) is 5.40. The van der Waals surface area contributed by atoms with Crippen molar-refractivity contribution < 1.29 is 14.3 Å². The number of carbonyl (C=O) groups excluding carboxylic acids is 1. The summed E-state index contributed by atoms with van der Waals surface area (Å²) in [6, 6.07) is 3.77. The molecule has 2 aliphatic heterocycles. The Morgan fingerprint density at radius 3 is 2.88 bits per heavy atom. The van der Waals surface area contributed by atoms with Gasteiger partial charge in [-0.25, -0.2) is 4.98 Å². The van der Waals surface area contributed by atoms with Crippen molar-refractivity contribution in [1.29, 1.82) is 0 Å². The van der Waals surface area contributed by atoms with Crippen LogP contribution in [0.2, 0.25) is 0 Å². The van der Waals surface area contributed by atoms with Crippen molar-refractivity contribution in [3.8, 4) is 5.88 Å². The maximum absolute atomic E-state index is 12.7. The van der Waals surface area contributed by atoms with Crippen LogP contribution in [0.4, 0.5) is 0 Å². The summed E-state index contributed by atoms with van der Waals surface area (Å²) in [4.78, 5) is 22.9. The van der Waals surface area contributed by atoms with E-state index in [0.29, 0.717) is 25.6 Å². The van der Waals surface area contributed by atoms with E-state index in [1.807, 2.05) is 34.8 Å². The molecule has 0 bridgehead atoms. The standard InChI is InChI=1S/C19H24N4O3/c1-22-9-2-3-16(22)18(24)23-10-5-19(6-11-23)13-15(4-12-25-19)26-17-14-20-7-8-21-17/h2-3,7-9,14-15H,4-6,10-13H2,1H3. The molecule has 7 nitrogen and oxygen atoms in total. The van der Waals surface area contributed by atoms with Gasteiger partial charge in [0.05, 0.1) is 18.4 Å². The molecular formula is C19H24N4O3. The van der Waals surface area contributed by atoms with Gasteiger partial charge in [0.1, 0.15) is 11.8 Å². The van der Waals surface area contributed by atoms with E-state index < -0.39 is 0 Å². The quantitative estimate of drug-likeness (QED) is 0.842. The van der Waals surface area contributed by atoms with E-state index in [0.717, 1.165) is 31.4 Å². The number of amides is 1. The lowest BCUT2D eigenvalue weighted by atomic mass is 9.83. The van der Waals surface area contributed by atoms with Crippen LogP contribution < -0.4 is 4.74 Å². The van der Waals surface area contributed by atoms with Gasteiger partial charge in [-0.1, -0.05) is 0 Å². The third kappa shape index (κ3) is 3.44. The topological polar surface area (TPSA) is 69.5 Å². The lowest BCUT2D eigenvalue weighted by Gasteiger charge is -2.45. The van der Waals surface area contributed by atoms with Gasteiger partial charge in [-0.05, 0) is 25.0 Å². The Morgan fingerprint density at radius 2 is 2.19 bits per heavy atom. The molecule has 1 spiro atoms. The first-order valence-corrected chi connectivity index (χ1v) is 9.12. The van der Waals surface area contributed by atoms with E-state index in [1.54, 1.807) is 18.6 Å². The van der Waals surface area contributed by atoms with Crippen molar-refractivity contribution >= 4 is 5.91 Å². The van der Waals surface area contributed by atoms with Crippen molar-refractivity contribution in [1.82, 2.24) is 19.4 Å². The monoisotopic (exact) mass is 356 g/mol. The van der Waals surface area contributed by atoms with Gasteiger partial charge in [0.15, 0.2) is 0 Å². The Labute approximate surface area is 152 Å². The molecule has 2 aliphatic rings. The van der Waals surface area contributed by atoms with Crippen molar-refractivity contribution in [3.63, 3.8) is 0 Å². The molecule has 2 saturated heterocycles. The maximum Gasteiger partial charge on any atom is 0.270 e. The number of aromatic nitrogens is 3. The predicted octanol–water partition coefficient (Wildman–Crippen LogP) is 2.05. The van der Waals surface area contributed by atoms with Crippen LogP contribution in [0.3, 0.4) is 0 Å². The van der Waals surface area contributed by atoms with Gasteiger partial charge < -0.3 is 18.9 Å². The molecule has 138 valence electrons. The SMILES string of the molecule is Cn1cccc1C(=O)N1CCC2(CC1)CC(Oc1cnccn1)CCO2. The predicted molar refractivity (Wildman–Crippen MR) is 94.9 cm³/mol. The average Bonchev–Trinajstić information content (AvgIpc) is 3.09. The highest BCUT2D eigenvalue weighted by Gasteiger charge is 2.42. The lowest BCUT2D eigenvalue weighted by molar-refractivity contribution is -0.135. The second-order valence-corrected chi connectivity index (χ2v) is 7.10. The number of likely N-dealkylation sites (tertiary alicyclic amines) is 1. The van der Waals surface area contributed by atoms with E-state index in [9.17, 15) is 4.79 Å². The molecular weight excluding hydrogens is 332 g/mol. The Bertz CT molecular complexity index is 753. The minimum absolute atomic E-state index is 0.0792. The fourth-order valence-electron chi connectivity index (χ4n) is 3.91. The smallest absolute Gasteiger partial charge is 0.270 e. The maximum atomic E-state index is 12.7. The fraction of sp³-hybridized carbons (Fsp3) is 0.526. The van der Waals surface area contributed by atoms with Gasteiger partial charge in [0.25, 0.3) is 5.91 Å². The van der Waals surface area contributed by atoms with Crippen LogP contribution >= 0.6 is 0 Å². The second-order valence-electron chi connectivity index (χ2n) is 7.10. The molecule has 0 saturated carbocycles. The molecule has 0 aromatic carbocycles. The summed E-state index contributed by atoms with van der Waals surface area (Å²) in [5, 5.41) is 0. The van der Waals surface area contributed by atoms with Crippen LogP contribution in [0.5, 0.6) is 5.88 Å². The lowest BCUT2D eigenvalue weighted by Crippen LogP contribution is -2.52. The molecule has 7 heteroatoms. The Hall–Kier alpha value is -2.41. The van der Waals surface area contributed by atoms with Crippen LogP contribution in [0.25, 0.3) is 0 Å². The van der Waals surface area contributed by atoms with Crippen molar-refractivity contribution in [2.24, 2.45) is 7.05 Å². The normalized spacial score (nSPS) is 22.3. The Balaban J connectivity index is 1.37. The van der Waals surface area contributed by atoms with Crippen molar-refractivity contribution in [2.75, 3.05) is 19.7 Å². The zero-order valence-electron chi connectivity index (χ0n) is 15.0. The summed E-state index contributed by atoms with van der Waals surface area (Å²) in [7, 11) is 1.90. The Kier molecular flexibility index (Phi) is 4.63. The van der Waals surface area contributed by atoms with Crippen molar-refractivity contribution in [2.45, 2.75) is 37.4 Å². The first-order chi connectivity index (χ1) is 12.7. The molecule has 2 fully saturated rings. The molecule has 0 aliphatic carbocycles. The number of hydrogen-bond acceptors (Lipinski definition) is 5. The second kappa shape index (κ2) is 7.07. The van der Waals surface area contributed by atoms with Crippen molar-refractivity contribution in [3.05, 3.63) is 42.6 Å². The van der Waals surface area contributed by atoms with Crippen LogP contribution in [-0.4, -0.2) is 56.7 Å². The van der Waals surface area contributed by atoms with E-state index in [1.165, 1.54) is 0 Å². The van der Waals surface area contributed by atoms with E-state index in [4.69, 9.17) is 9.47 Å². The largest absolute Gasteiger partial charge is 0.473 e. The van der Waals surface area contributed by atoms with Gasteiger partial charge in [-0.3, -0.25) is 9.78 Å². The van der Waals surface area contributed by atoms with Gasteiger partial charge in [-0.15, -0.1) is 0 Å². The summed E-state index contributed by atoms with van der Waals surface area (Å²) in [6.07, 6.45) is 10.2. The minimum Gasteiger partial charge on any atom is -0.473 e. The van der Waals surface area contributed by atoms with Crippen LogP contribution in [-0.2, 0) is 11.8 Å². The first-order valence-electron chi connectivity index (χ1n) is 9.12. The van der Waals surface area contributed by atoms with Crippen LogP contribution in [0.15, 0.2) is 36.9 Å². The zero-order valence-corrected chi connectivity index (χ0v) is 15.0. The molecule has 4 heterocycles. The van der Waals surface area contributed by atoms with Gasteiger partial charge in [0.2, 0.25) is 5.88 Å². The molecule has 0 N–H and O–H groups in total. The minimum atomic E-state index is -0.198. The number of rotatable bonds is 3. The summed E-state index contributed by atoms with van der Waals surface area (Å²) >= 11 is 0. The molecule has 2 aromatic rings. The van der Waals surface area contributed by atoms with Gasteiger partial charge in [0, 0.05) is 51.6 Å². The van der Waals surface area contributed by atoms with E-state index in [-0.39, 0.29) is 17.6 Å². The number of aryl methyl sites for hydroxylation is 1. The number of carbonyl (C=O) groups is 1. The molecule has 1 unspecified atom stereocenters. The molecule has 1 amide bonds. The van der Waals surface area contributed by atoms with Crippen LogP contribution in [0, 0.1) is 0 Å². The first kappa shape index (κ1) is 17.0. The number of hydrogen-bond donors (Lipinski definition) is 0. The fourth-order valence-corrected chi connectivity index (χ4v) is 3.91. The van der Waals surface area contributed by atoms with Gasteiger partial charge in [-0.2, -0.15) is 0 Å². The number of nitrogens with zero attached hydrogens (tertiary/aromatic N) is 4. The molecule has 2 aromatic heterocycles. The zero-order chi connectivity index (χ0) is 18.0. The van der Waals surface area contributed by atoms with Crippen LogP contribution in [0.1, 0.15) is 36.2 Å². The highest BCUT2D eigenvalue weighted by Crippen LogP contribution is 2.36. The summed E-state index contributed by atoms with van der Waals surface area (Å²) in [5.74, 6) is 0.654. The highest BCUT2D eigenvalue weighted by atomic mass is 16.5. The Morgan fingerprint density at radius 1 is 1.35 bits per heavy atom. The third-order valence-electron chi connectivity index (χ3n) is 5.40. The molecule has 4 rings (SSSR count). The number of piperidine rings is 1. The molecule has 26 heavy (non-hydrogen) atoms. The average molecular weight is 356 g/mol. The van der Waals surface area contributed by atoms with Gasteiger partial charge >= 0.3 is 0 Å². The molecule has 0 radical (unpaired) electrons. The number of ether oxygens (including phenoxy) is 2. The summed E-state index contributed by atoms with van der Waals surface area (Å²) in [6.45, 7) is 2.10. The highest BCUT2D eigenvalue weighted by molar-refractivity contribution is 5.92. The summed E-state index contributed by atoms with van der Waals surface area (Å²) < 4.78 is 14.0. The van der Waals surface area contributed by atoms with E-state index in [2.05, 4.69) is 9.97 Å². The molecule has 1 atom stereocenters. The summed E-state index contributed by atoms with van der Waals surface area (Å²) in [5.41, 5.74) is 0.533.